The number of alkyl halides is 1. The summed E-state index contributed by atoms with van der Waals surface area (Å²) in [4.78, 5) is 186. The smallest absolute Gasteiger partial charge is 0.333 e. The molecule has 39 heteroatoms. The van der Waals surface area contributed by atoms with E-state index in [4.69, 9.17) is 23.7 Å². The quantitative estimate of drug-likeness (QED) is 0.0222. The topological polar surface area (TPSA) is 376 Å². The molecule has 3 radical (unpaired) electrons. The molecule has 4 aromatic carbocycles. The molecule has 13 rings (SSSR count). The second kappa shape index (κ2) is 45.3. The number of carbonyl (C=O) groups excluding carboxylic acids is 6. The van der Waals surface area contributed by atoms with E-state index < -0.39 is 126 Å². The fourth-order valence-corrected chi connectivity index (χ4v) is 20.5. The van der Waals surface area contributed by atoms with Crippen molar-refractivity contribution in [2.45, 2.75) is 255 Å². The third-order valence-electron chi connectivity index (χ3n) is 20.7. The lowest BCUT2D eigenvalue weighted by atomic mass is 10.0. The summed E-state index contributed by atoms with van der Waals surface area (Å²) in [6.07, 6.45) is 0.600. The standard InChI is InChI=1S/2C23H27BrN2O5S.C23H25BrN2O5S.C15H19BrN2O4S.C8H7BrO.C4H8O.B/c3*1-13-16-18(28)26(23(5,6)20(29)31-22(2,3)4)21(30)25(19(16)32-17(13)24)12-15(27)14-10-8-7-9-11-14;1-7-8-10(23-9(7)16)17-13(21)18(11(8)19)15(5,6)12(20)22-14(2,3)4;9-6-8(10)7-4-2-1-3-5-7;1-2-4-5-3-1;/h2*7-11,15,27H,12H2,1-6H3;7-11H,12H2,1-6H3;1-6H3,(H,17,21);1-5H,6H2;1-4H2;/t15-;;;;;;/m0....../s1. The molecule has 0 bridgehead atoms. The van der Waals surface area contributed by atoms with Crippen LogP contribution < -0.4 is 45.0 Å². The van der Waals surface area contributed by atoms with E-state index in [0.717, 1.165) is 46.4 Å². The molecule has 1 fully saturated rings. The molecule has 29 nitrogen and oxygen atoms in total. The van der Waals surface area contributed by atoms with E-state index >= 15 is 0 Å². The third-order valence-corrected chi connectivity index (χ3v) is 29.9. The summed E-state index contributed by atoms with van der Waals surface area (Å²) in [6.45, 7) is 41.3. The second-order valence-corrected chi connectivity index (χ2v) is 47.4. The van der Waals surface area contributed by atoms with Crippen LogP contribution in [-0.4, -0.2) is 132 Å². The largest absolute Gasteiger partial charge is 0.458 e. The number of ether oxygens (including phenoxy) is 5. The highest BCUT2D eigenvalue weighted by Gasteiger charge is 2.44. The minimum atomic E-state index is -1.59. The highest BCUT2D eigenvalue weighted by Crippen LogP contribution is 2.38. The highest BCUT2D eigenvalue weighted by molar-refractivity contribution is 9.11. The molecule has 135 heavy (non-hydrogen) atoms. The van der Waals surface area contributed by atoms with Crippen LogP contribution in [0.4, 0.5) is 0 Å². The van der Waals surface area contributed by atoms with Crippen molar-refractivity contribution < 1.29 is 62.7 Å². The average molecular weight is 2250 g/mol. The summed E-state index contributed by atoms with van der Waals surface area (Å²) in [5, 5.41) is 23.4. The number of aliphatic hydroxyl groups is 2. The van der Waals surface area contributed by atoms with E-state index in [1.54, 1.807) is 190 Å². The summed E-state index contributed by atoms with van der Waals surface area (Å²) >= 11 is 21.8. The number of aryl methyl sites for hydroxylation is 4. The van der Waals surface area contributed by atoms with Crippen molar-refractivity contribution >= 4 is 210 Å². The number of aromatic amines is 1. The van der Waals surface area contributed by atoms with E-state index in [1.165, 1.54) is 127 Å². The molecule has 12 aromatic rings. The van der Waals surface area contributed by atoms with Crippen molar-refractivity contribution in [3.8, 4) is 0 Å². The Morgan fingerprint density at radius 2 is 0.644 bits per heavy atom. The number of ketones is 2. The molecule has 725 valence electrons. The Morgan fingerprint density at radius 3 is 0.933 bits per heavy atom. The number of carbonyl (C=O) groups is 6. The normalized spacial score (nSPS) is 13.0. The maximum atomic E-state index is 13.6. The first-order valence-electron chi connectivity index (χ1n) is 42.5. The number of hydrogen-bond acceptors (Lipinski definition) is 25. The lowest BCUT2D eigenvalue weighted by Gasteiger charge is -2.30. The van der Waals surface area contributed by atoms with Gasteiger partial charge in [-0.15, -0.1) is 45.3 Å². The number of benzene rings is 4. The molecule has 8 aromatic heterocycles. The first kappa shape index (κ1) is 113. The van der Waals surface area contributed by atoms with Gasteiger partial charge in [-0.2, -0.15) is 0 Å². The lowest BCUT2D eigenvalue weighted by molar-refractivity contribution is -0.165. The van der Waals surface area contributed by atoms with E-state index in [-0.39, 0.29) is 39.6 Å². The fourth-order valence-electron chi connectivity index (χ4n) is 13.5. The molecule has 1 aliphatic rings. The molecule has 3 N–H and O–H groups in total. The van der Waals surface area contributed by atoms with Crippen LogP contribution in [0.5, 0.6) is 0 Å². The van der Waals surface area contributed by atoms with Crippen LogP contribution in [0.3, 0.4) is 0 Å². The number of aromatic nitrogens is 8. The summed E-state index contributed by atoms with van der Waals surface area (Å²) < 4.78 is 37.3. The zero-order valence-electron chi connectivity index (χ0n) is 79.7. The number of nitrogens with one attached hydrogen (secondary N) is 1. The fraction of sp³-hybridized carbons (Fsp3) is 0.438. The number of esters is 4. The van der Waals surface area contributed by atoms with Crippen molar-refractivity contribution in [2.75, 3.05) is 18.5 Å². The molecule has 0 spiro atoms. The number of Topliss-reactive ketones (excluding diaryl/α,β-unsaturated/α-hetero) is 2. The Bertz CT molecular complexity index is 6700. The Labute approximate surface area is 840 Å². The molecule has 1 saturated heterocycles. The molecule has 0 amide bonds. The van der Waals surface area contributed by atoms with Gasteiger partial charge in [0.15, 0.2) is 11.6 Å². The lowest BCUT2D eigenvalue weighted by Crippen LogP contribution is -2.54. The van der Waals surface area contributed by atoms with Crippen molar-refractivity contribution in [3.63, 3.8) is 0 Å². The molecule has 0 aliphatic carbocycles. The van der Waals surface area contributed by atoms with Crippen LogP contribution in [-0.2, 0) is 84.7 Å². The average Bonchev–Trinajstić information content (AvgIpc) is 1.68. The number of rotatable bonds is 19. The van der Waals surface area contributed by atoms with Crippen molar-refractivity contribution in [3.05, 3.63) is 264 Å². The number of fused-ring (bicyclic) bond motifs is 4. The van der Waals surface area contributed by atoms with Gasteiger partial charge >= 0.3 is 46.6 Å². The number of hydrogen-bond donors (Lipinski definition) is 3. The maximum absolute atomic E-state index is 13.6. The van der Waals surface area contributed by atoms with Gasteiger partial charge < -0.3 is 33.9 Å². The van der Waals surface area contributed by atoms with Gasteiger partial charge in [0, 0.05) is 32.8 Å². The SMILES string of the molecule is C1CCOC1.Cc1c(Br)sc2[nH]c(=O)n(C(C)(C)C(=O)OC(C)(C)C)c(=O)c12.Cc1c(Br)sc2c1c(=O)n(C(C)(C)C(=O)OC(C)(C)C)c(=O)n2CC(=O)c1ccccc1.Cc1c(Br)sc2c1c(=O)n(C(C)(C)C(=O)OC(C)(C)C)c(=O)n2CC(O)c1ccccc1.Cc1c(Br)sc2c1c(=O)n(C(C)(C)C(=O)OC(C)(C)C)c(=O)n2C[C@H](O)c1ccccc1.O=C(CBr)c1ccccc1.[B]. The van der Waals surface area contributed by atoms with Gasteiger partial charge in [-0.3, -0.25) is 47.5 Å². The van der Waals surface area contributed by atoms with Crippen molar-refractivity contribution in [2.24, 2.45) is 0 Å². The molecule has 2 atom stereocenters. The number of nitrogens with zero attached hydrogens (tertiary/aromatic N) is 7. The minimum absolute atomic E-state index is 0. The molecular formula is C96H113BBr5N8O21S4. The van der Waals surface area contributed by atoms with Gasteiger partial charge in [-0.1, -0.05) is 137 Å². The summed E-state index contributed by atoms with van der Waals surface area (Å²) in [6, 6.07) is 35.8. The third kappa shape index (κ3) is 26.7. The van der Waals surface area contributed by atoms with Crippen LogP contribution in [0.25, 0.3) is 40.9 Å². The van der Waals surface area contributed by atoms with Gasteiger partial charge in [0.25, 0.3) is 22.2 Å². The predicted molar refractivity (Wildman–Crippen MR) is 552 cm³/mol. The number of aliphatic hydroxyl groups excluding tert-OH is 2. The zero-order chi connectivity index (χ0) is 101. The minimum Gasteiger partial charge on any atom is -0.458 e. The van der Waals surface area contributed by atoms with Crippen LogP contribution in [0, 0.1) is 27.7 Å². The molecule has 1 aliphatic heterocycles. The highest BCUT2D eigenvalue weighted by atomic mass is 79.9. The van der Waals surface area contributed by atoms with Gasteiger partial charge in [-0.25, -0.2) is 56.6 Å². The van der Waals surface area contributed by atoms with Crippen LogP contribution in [0.15, 0.2) is 175 Å². The summed E-state index contributed by atoms with van der Waals surface area (Å²) in [5.74, 6) is -2.88. The molecular weight excluding hydrogens is 2140 g/mol. The van der Waals surface area contributed by atoms with E-state index in [1.807, 2.05) is 42.5 Å². The Balaban J connectivity index is 0.000000233. The molecule has 9 heterocycles. The monoisotopic (exact) mass is 2250 g/mol. The second-order valence-electron chi connectivity index (χ2n) is 37.5. The number of thiophene rings is 4. The van der Waals surface area contributed by atoms with E-state index in [9.17, 15) is 77.3 Å². The predicted octanol–water partition coefficient (Wildman–Crippen LogP) is 18.0. The van der Waals surface area contributed by atoms with E-state index in [0.29, 0.717) is 90.9 Å². The van der Waals surface area contributed by atoms with Gasteiger partial charge in [0.1, 0.15) is 63.9 Å². The van der Waals surface area contributed by atoms with Gasteiger partial charge in [0.2, 0.25) is 0 Å². The summed E-state index contributed by atoms with van der Waals surface area (Å²) in [7, 11) is 0. The van der Waals surface area contributed by atoms with Gasteiger partial charge in [0.05, 0.1) is 73.9 Å². The molecule has 1 unspecified atom stereocenters. The summed E-state index contributed by atoms with van der Waals surface area (Å²) in [5.41, 5.74) is -8.95. The number of halogens is 5. The van der Waals surface area contributed by atoms with Crippen LogP contribution in [0.1, 0.15) is 218 Å². The number of H-pyrrole nitrogens is 1. The maximum Gasteiger partial charge on any atom is 0.333 e. The van der Waals surface area contributed by atoms with Crippen LogP contribution >= 0.6 is 125 Å². The van der Waals surface area contributed by atoms with Crippen molar-refractivity contribution in [1.29, 1.82) is 0 Å². The zero-order valence-corrected chi connectivity index (χ0v) is 90.9. The Hall–Kier alpha value is -9.00. The van der Waals surface area contributed by atoms with E-state index in [2.05, 4.69) is 84.6 Å². The Morgan fingerprint density at radius 1 is 0.385 bits per heavy atom. The Kier molecular flexibility index (Phi) is 37.9. The van der Waals surface area contributed by atoms with Crippen LogP contribution in [0.2, 0.25) is 0 Å². The van der Waals surface area contributed by atoms with Crippen molar-refractivity contribution in [1.82, 2.24) is 37.0 Å². The molecule has 0 saturated carbocycles. The van der Waals surface area contributed by atoms with Gasteiger partial charge in [-0.05, 0) is 276 Å². The first-order chi connectivity index (χ1) is 62.0. The first-order valence-corrected chi connectivity index (χ1v) is 50.0.